The molecule has 0 aliphatic rings. The molecule has 8 heteroatoms. The second kappa shape index (κ2) is 8.98. The Balaban J connectivity index is 2.17. The number of carbonyl (C=O) groups excluding carboxylic acids is 2. The van der Waals surface area contributed by atoms with Gasteiger partial charge in [-0.05, 0) is 12.5 Å². The molecule has 0 atom stereocenters. The molecular weight excluding hydrogens is 338 g/mol. The Morgan fingerprint density at radius 2 is 1.73 bits per heavy atom. The first-order valence-corrected chi connectivity index (χ1v) is 8.42. The van der Waals surface area contributed by atoms with Gasteiger partial charge >= 0.3 is 0 Å². The second-order valence-electron chi connectivity index (χ2n) is 5.64. The van der Waals surface area contributed by atoms with Gasteiger partial charge in [0.25, 0.3) is 5.91 Å². The molecule has 142 valence electrons. The zero-order valence-electron chi connectivity index (χ0n) is 15.5. The predicted molar refractivity (Wildman–Crippen MR) is 98.2 cm³/mol. The molecular formula is C18H25N3O5. The van der Waals surface area contributed by atoms with Crippen molar-refractivity contribution in [3.63, 3.8) is 0 Å². The fourth-order valence-corrected chi connectivity index (χ4v) is 2.60. The summed E-state index contributed by atoms with van der Waals surface area (Å²) in [4.78, 5) is 27.0. The summed E-state index contributed by atoms with van der Waals surface area (Å²) in [6.07, 6.45) is 1.10. The van der Waals surface area contributed by atoms with Crippen molar-refractivity contribution in [3.8, 4) is 17.2 Å². The van der Waals surface area contributed by atoms with Gasteiger partial charge in [0.15, 0.2) is 11.5 Å². The van der Waals surface area contributed by atoms with E-state index in [4.69, 9.17) is 14.2 Å². The third-order valence-electron chi connectivity index (χ3n) is 3.89. The van der Waals surface area contributed by atoms with E-state index in [1.54, 1.807) is 19.2 Å². The Kier molecular flexibility index (Phi) is 6.71. The van der Waals surface area contributed by atoms with E-state index >= 15 is 0 Å². The molecule has 0 radical (unpaired) electrons. The van der Waals surface area contributed by atoms with E-state index in [2.05, 4.69) is 15.6 Å². The maximum atomic E-state index is 12.4. The van der Waals surface area contributed by atoms with Crippen LogP contribution in [0.2, 0.25) is 0 Å². The fourth-order valence-electron chi connectivity index (χ4n) is 2.60. The summed E-state index contributed by atoms with van der Waals surface area (Å²) in [5, 5.41) is 6.20. The van der Waals surface area contributed by atoms with Gasteiger partial charge in [0, 0.05) is 31.0 Å². The van der Waals surface area contributed by atoms with Gasteiger partial charge in [-0.15, -0.1) is 0 Å². The molecule has 1 aromatic heterocycles. The van der Waals surface area contributed by atoms with Gasteiger partial charge < -0.3 is 29.8 Å². The second-order valence-corrected chi connectivity index (χ2v) is 5.64. The number of methoxy groups -OCH3 is 3. The highest BCUT2D eigenvalue weighted by Gasteiger charge is 2.19. The van der Waals surface area contributed by atoms with Crippen LogP contribution in [-0.2, 0) is 4.79 Å². The number of ether oxygens (including phenoxy) is 3. The van der Waals surface area contributed by atoms with Crippen LogP contribution in [0, 0.1) is 0 Å². The van der Waals surface area contributed by atoms with E-state index < -0.39 is 0 Å². The highest BCUT2D eigenvalue weighted by atomic mass is 16.5. The molecule has 0 aliphatic heterocycles. The molecule has 0 saturated heterocycles. The monoisotopic (exact) mass is 363 g/mol. The Morgan fingerprint density at radius 1 is 1.00 bits per heavy atom. The van der Waals surface area contributed by atoms with Crippen molar-refractivity contribution in [2.24, 2.45) is 0 Å². The quantitative estimate of drug-likeness (QED) is 0.631. The number of rotatable bonds is 9. The fraction of sp³-hybridized carbons (Fsp3) is 0.444. The SMILES string of the molecule is CCCNC(=O)CCNC(=O)c1cc2c(OC)cc(OC)c(OC)c2[nH]1. The lowest BCUT2D eigenvalue weighted by Crippen LogP contribution is -2.31. The lowest BCUT2D eigenvalue weighted by atomic mass is 10.2. The number of hydrogen-bond acceptors (Lipinski definition) is 5. The molecule has 3 N–H and O–H groups in total. The zero-order valence-corrected chi connectivity index (χ0v) is 15.5. The van der Waals surface area contributed by atoms with Gasteiger partial charge in [0.05, 0.1) is 26.8 Å². The third kappa shape index (κ3) is 4.19. The Bertz CT molecular complexity index is 785. The van der Waals surface area contributed by atoms with Crippen molar-refractivity contribution >= 4 is 22.7 Å². The maximum absolute atomic E-state index is 12.4. The number of carbonyl (C=O) groups is 2. The largest absolute Gasteiger partial charge is 0.496 e. The van der Waals surface area contributed by atoms with Gasteiger partial charge in [0.1, 0.15) is 11.4 Å². The van der Waals surface area contributed by atoms with Crippen LogP contribution >= 0.6 is 0 Å². The van der Waals surface area contributed by atoms with Gasteiger partial charge in [-0.1, -0.05) is 6.92 Å². The topological polar surface area (TPSA) is 102 Å². The number of aromatic amines is 1. The van der Waals surface area contributed by atoms with Crippen LogP contribution < -0.4 is 24.8 Å². The molecule has 0 aliphatic carbocycles. The highest BCUT2D eigenvalue weighted by molar-refractivity contribution is 6.02. The van der Waals surface area contributed by atoms with E-state index in [0.717, 1.165) is 6.42 Å². The van der Waals surface area contributed by atoms with Crippen LogP contribution in [0.5, 0.6) is 17.2 Å². The molecule has 0 spiro atoms. The van der Waals surface area contributed by atoms with E-state index in [1.807, 2.05) is 6.92 Å². The zero-order chi connectivity index (χ0) is 19.1. The molecule has 2 aromatic rings. The average Bonchev–Trinajstić information content (AvgIpc) is 3.10. The first kappa shape index (κ1) is 19.4. The van der Waals surface area contributed by atoms with Crippen molar-refractivity contribution in [2.75, 3.05) is 34.4 Å². The summed E-state index contributed by atoms with van der Waals surface area (Å²) in [5.41, 5.74) is 0.952. The summed E-state index contributed by atoms with van der Waals surface area (Å²) < 4.78 is 16.1. The number of aromatic nitrogens is 1. The molecule has 0 unspecified atom stereocenters. The van der Waals surface area contributed by atoms with E-state index in [0.29, 0.717) is 40.4 Å². The van der Waals surface area contributed by atoms with E-state index in [1.165, 1.54) is 14.2 Å². The molecule has 2 rings (SSSR count). The number of nitrogens with one attached hydrogen (secondary N) is 3. The van der Waals surface area contributed by atoms with Crippen molar-refractivity contribution in [3.05, 3.63) is 17.8 Å². The minimum absolute atomic E-state index is 0.0862. The molecule has 2 amide bonds. The molecule has 0 bridgehead atoms. The van der Waals surface area contributed by atoms with Crippen LogP contribution in [0.1, 0.15) is 30.3 Å². The van der Waals surface area contributed by atoms with Crippen molar-refractivity contribution in [2.45, 2.75) is 19.8 Å². The van der Waals surface area contributed by atoms with Crippen LogP contribution in [0.4, 0.5) is 0 Å². The predicted octanol–water partition coefficient (Wildman–Crippen LogP) is 1.84. The van der Waals surface area contributed by atoms with Crippen LogP contribution in [0.15, 0.2) is 12.1 Å². The third-order valence-corrected chi connectivity index (χ3v) is 3.89. The van der Waals surface area contributed by atoms with E-state index in [9.17, 15) is 9.59 Å². The van der Waals surface area contributed by atoms with Crippen LogP contribution in [0.3, 0.4) is 0 Å². The normalized spacial score (nSPS) is 10.5. The smallest absolute Gasteiger partial charge is 0.267 e. The number of fused-ring (bicyclic) bond motifs is 1. The summed E-state index contributed by atoms with van der Waals surface area (Å²) in [5.74, 6) is 1.15. The number of H-pyrrole nitrogens is 1. The highest BCUT2D eigenvalue weighted by Crippen LogP contribution is 2.41. The van der Waals surface area contributed by atoms with Crippen molar-refractivity contribution in [1.82, 2.24) is 15.6 Å². The Morgan fingerprint density at radius 3 is 2.35 bits per heavy atom. The first-order chi connectivity index (χ1) is 12.5. The summed E-state index contributed by atoms with van der Waals surface area (Å²) in [6, 6.07) is 3.39. The molecule has 8 nitrogen and oxygen atoms in total. The molecule has 1 aromatic carbocycles. The van der Waals surface area contributed by atoms with E-state index in [-0.39, 0.29) is 24.8 Å². The first-order valence-electron chi connectivity index (χ1n) is 8.42. The van der Waals surface area contributed by atoms with Gasteiger partial charge in [-0.3, -0.25) is 9.59 Å². The van der Waals surface area contributed by atoms with Crippen molar-refractivity contribution in [1.29, 1.82) is 0 Å². The Hall–Kier alpha value is -2.90. The minimum Gasteiger partial charge on any atom is -0.496 e. The lowest BCUT2D eigenvalue weighted by molar-refractivity contribution is -0.120. The van der Waals surface area contributed by atoms with Gasteiger partial charge in [0.2, 0.25) is 5.91 Å². The molecule has 26 heavy (non-hydrogen) atoms. The maximum Gasteiger partial charge on any atom is 0.267 e. The average molecular weight is 363 g/mol. The summed E-state index contributed by atoms with van der Waals surface area (Å²) in [7, 11) is 4.60. The Labute approximate surface area is 152 Å². The van der Waals surface area contributed by atoms with Crippen LogP contribution in [0.25, 0.3) is 10.9 Å². The summed E-state index contributed by atoms with van der Waals surface area (Å²) >= 11 is 0. The van der Waals surface area contributed by atoms with Gasteiger partial charge in [-0.2, -0.15) is 0 Å². The van der Waals surface area contributed by atoms with Crippen molar-refractivity contribution < 1.29 is 23.8 Å². The van der Waals surface area contributed by atoms with Gasteiger partial charge in [-0.25, -0.2) is 0 Å². The summed E-state index contributed by atoms with van der Waals surface area (Å²) in [6.45, 7) is 2.87. The molecule has 1 heterocycles. The standard InChI is InChI=1S/C18H25N3O5/c1-5-7-19-15(22)6-8-20-18(23)12-9-11-13(24-2)10-14(25-3)17(26-4)16(11)21-12/h9-10,21H,5-8H2,1-4H3,(H,19,22)(H,20,23). The minimum atomic E-state index is -0.312. The molecule has 0 saturated carbocycles. The number of hydrogen-bond donors (Lipinski definition) is 3. The lowest BCUT2D eigenvalue weighted by Gasteiger charge is -2.11. The number of benzene rings is 1. The molecule has 0 fully saturated rings. The number of amides is 2. The van der Waals surface area contributed by atoms with Crippen LogP contribution in [-0.4, -0.2) is 51.2 Å².